The van der Waals surface area contributed by atoms with Crippen molar-refractivity contribution in [3.63, 3.8) is 0 Å². The van der Waals surface area contributed by atoms with Crippen molar-refractivity contribution in [2.45, 2.75) is 26.2 Å². The molecule has 1 atom stereocenters. The number of anilines is 2. The fourth-order valence-electron chi connectivity index (χ4n) is 3.12. The molecule has 2 aromatic carbocycles. The summed E-state index contributed by atoms with van der Waals surface area (Å²) in [5.74, 6) is -0.475. The lowest BCUT2D eigenvalue weighted by Gasteiger charge is -2.29. The van der Waals surface area contributed by atoms with E-state index in [4.69, 9.17) is 4.74 Å². The smallest absolute Gasteiger partial charge is 0.331 e. The summed E-state index contributed by atoms with van der Waals surface area (Å²) in [5.41, 5.74) is 2.08. The van der Waals surface area contributed by atoms with E-state index in [0.717, 1.165) is 17.7 Å². The highest BCUT2D eigenvalue weighted by Crippen LogP contribution is 2.35. The summed E-state index contributed by atoms with van der Waals surface area (Å²) in [7, 11) is 0. The van der Waals surface area contributed by atoms with Crippen molar-refractivity contribution >= 4 is 28.9 Å². The summed E-state index contributed by atoms with van der Waals surface area (Å²) in [6.45, 7) is 3.99. The van der Waals surface area contributed by atoms with Crippen LogP contribution in [-0.4, -0.2) is 29.9 Å². The molecule has 146 valence electrons. The van der Waals surface area contributed by atoms with Crippen molar-refractivity contribution in [3.8, 4) is 5.75 Å². The van der Waals surface area contributed by atoms with Crippen LogP contribution in [0.3, 0.4) is 0 Å². The molecule has 1 aliphatic rings. The Hall–Kier alpha value is -3.42. The number of benzene rings is 2. The van der Waals surface area contributed by atoms with Gasteiger partial charge in [-0.2, -0.15) is 0 Å². The van der Waals surface area contributed by atoms with Gasteiger partial charge in [0, 0.05) is 11.8 Å². The third kappa shape index (κ3) is 4.11. The number of rotatable bonds is 6. The van der Waals surface area contributed by atoms with Crippen LogP contribution in [0, 0.1) is 10.1 Å². The molecule has 0 radical (unpaired) electrons. The number of nitrogens with zero attached hydrogens (tertiary/aromatic N) is 2. The molecule has 0 bridgehead atoms. The number of para-hydroxylation sites is 1. The average Bonchev–Trinajstić information content (AvgIpc) is 2.67. The largest absolute Gasteiger partial charge is 0.423 e. The molecule has 28 heavy (non-hydrogen) atoms. The molecule has 1 unspecified atom stereocenters. The quantitative estimate of drug-likeness (QED) is 0.355. The van der Waals surface area contributed by atoms with Crippen LogP contribution in [0.1, 0.15) is 31.7 Å². The molecule has 2 aromatic rings. The molecule has 3 rings (SSSR count). The number of esters is 1. The van der Waals surface area contributed by atoms with Crippen LogP contribution in [0.25, 0.3) is 0 Å². The number of hydrogen-bond donors (Lipinski definition) is 1. The Kier molecular flexibility index (Phi) is 5.58. The number of carbonyl (C=O) groups is 2. The highest BCUT2D eigenvalue weighted by Gasteiger charge is 2.27. The molecule has 0 saturated heterocycles. The summed E-state index contributed by atoms with van der Waals surface area (Å²) in [6, 6.07) is 11.6. The summed E-state index contributed by atoms with van der Waals surface area (Å²) < 4.78 is 5.10. The van der Waals surface area contributed by atoms with E-state index < -0.39 is 10.9 Å². The number of non-ortho nitro benzene ring substituents is 1. The SMILES string of the molecule is CCC(C)c1ccccc1NC(=O)CN1CC(=O)Oc2cc([N+](=O)[O-])ccc21. The molecule has 0 fully saturated rings. The van der Waals surface area contributed by atoms with Gasteiger partial charge in [0.1, 0.15) is 6.54 Å². The standard InChI is InChI=1S/C20H21N3O5/c1-3-13(2)15-6-4-5-7-16(15)21-19(24)11-22-12-20(25)28-18-10-14(23(26)27)8-9-17(18)22/h4-10,13H,3,11-12H2,1-2H3,(H,21,24). The lowest BCUT2D eigenvalue weighted by Crippen LogP contribution is -2.41. The Morgan fingerprint density at radius 3 is 2.79 bits per heavy atom. The minimum absolute atomic E-state index is 0.0747. The van der Waals surface area contributed by atoms with E-state index in [9.17, 15) is 19.7 Å². The van der Waals surface area contributed by atoms with E-state index in [1.54, 1.807) is 4.90 Å². The number of amides is 1. The maximum absolute atomic E-state index is 12.6. The second-order valence-electron chi connectivity index (χ2n) is 6.68. The van der Waals surface area contributed by atoms with Crippen molar-refractivity contribution in [3.05, 3.63) is 58.1 Å². The van der Waals surface area contributed by atoms with E-state index in [-0.39, 0.29) is 30.4 Å². The predicted octanol–water partition coefficient (Wildman–Crippen LogP) is 3.47. The Labute approximate surface area is 162 Å². The topological polar surface area (TPSA) is 102 Å². The van der Waals surface area contributed by atoms with Crippen LogP contribution in [0.4, 0.5) is 17.1 Å². The number of nitro groups is 1. The molecule has 0 aromatic heterocycles. The van der Waals surface area contributed by atoms with Gasteiger partial charge in [0.25, 0.3) is 5.69 Å². The number of nitro benzene ring substituents is 1. The first-order valence-electron chi connectivity index (χ1n) is 9.02. The van der Waals surface area contributed by atoms with Gasteiger partial charge in [-0.25, -0.2) is 4.79 Å². The van der Waals surface area contributed by atoms with Crippen LogP contribution in [-0.2, 0) is 9.59 Å². The van der Waals surface area contributed by atoms with Gasteiger partial charge in [-0.15, -0.1) is 0 Å². The molecule has 0 saturated carbocycles. The summed E-state index contributed by atoms with van der Waals surface area (Å²) in [4.78, 5) is 36.4. The Morgan fingerprint density at radius 2 is 2.07 bits per heavy atom. The summed E-state index contributed by atoms with van der Waals surface area (Å²) >= 11 is 0. The minimum Gasteiger partial charge on any atom is -0.423 e. The molecule has 1 aliphatic heterocycles. The Bertz CT molecular complexity index is 928. The molecule has 8 heteroatoms. The van der Waals surface area contributed by atoms with Crippen molar-refractivity contribution in [1.29, 1.82) is 0 Å². The zero-order valence-electron chi connectivity index (χ0n) is 15.7. The molecule has 1 N–H and O–H groups in total. The van der Waals surface area contributed by atoms with Gasteiger partial charge in [0.15, 0.2) is 5.75 Å². The van der Waals surface area contributed by atoms with E-state index in [1.807, 2.05) is 24.3 Å². The monoisotopic (exact) mass is 383 g/mol. The van der Waals surface area contributed by atoms with Crippen LogP contribution in [0.2, 0.25) is 0 Å². The number of hydrogen-bond acceptors (Lipinski definition) is 6. The molecular formula is C20H21N3O5. The van der Waals surface area contributed by atoms with Gasteiger partial charge in [0.05, 0.1) is 23.2 Å². The second kappa shape index (κ2) is 8.08. The number of carbonyl (C=O) groups excluding carboxylic acids is 2. The van der Waals surface area contributed by atoms with Crippen LogP contribution >= 0.6 is 0 Å². The van der Waals surface area contributed by atoms with Gasteiger partial charge in [-0.3, -0.25) is 14.9 Å². The molecule has 8 nitrogen and oxygen atoms in total. The maximum Gasteiger partial charge on any atom is 0.331 e. The summed E-state index contributed by atoms with van der Waals surface area (Å²) in [5, 5.41) is 13.8. The first kappa shape index (κ1) is 19.3. The van der Waals surface area contributed by atoms with Gasteiger partial charge in [-0.1, -0.05) is 32.0 Å². The normalized spacial score (nSPS) is 14.1. The fraction of sp³-hybridized carbons (Fsp3) is 0.300. The van der Waals surface area contributed by atoms with Gasteiger partial charge in [0.2, 0.25) is 5.91 Å². The maximum atomic E-state index is 12.6. The first-order chi connectivity index (χ1) is 13.4. The van der Waals surface area contributed by atoms with E-state index >= 15 is 0 Å². The fourth-order valence-corrected chi connectivity index (χ4v) is 3.12. The van der Waals surface area contributed by atoms with E-state index in [2.05, 4.69) is 19.2 Å². The van der Waals surface area contributed by atoms with E-state index in [0.29, 0.717) is 11.6 Å². The summed E-state index contributed by atoms with van der Waals surface area (Å²) in [6.07, 6.45) is 0.941. The highest BCUT2D eigenvalue weighted by molar-refractivity contribution is 5.97. The minimum atomic E-state index is -0.569. The Balaban J connectivity index is 1.79. The van der Waals surface area contributed by atoms with Gasteiger partial charge >= 0.3 is 5.97 Å². The van der Waals surface area contributed by atoms with Gasteiger partial charge in [-0.05, 0) is 30.0 Å². The number of ether oxygens (including phenoxy) is 1. The average molecular weight is 383 g/mol. The van der Waals surface area contributed by atoms with E-state index in [1.165, 1.54) is 18.2 Å². The van der Waals surface area contributed by atoms with Crippen LogP contribution in [0.15, 0.2) is 42.5 Å². The number of nitrogens with one attached hydrogen (secondary N) is 1. The molecule has 1 heterocycles. The zero-order chi connectivity index (χ0) is 20.3. The van der Waals surface area contributed by atoms with Crippen molar-refractivity contribution in [1.82, 2.24) is 0 Å². The lowest BCUT2D eigenvalue weighted by molar-refractivity contribution is -0.384. The molecule has 0 aliphatic carbocycles. The zero-order valence-corrected chi connectivity index (χ0v) is 15.7. The highest BCUT2D eigenvalue weighted by atomic mass is 16.6. The van der Waals surface area contributed by atoms with Crippen molar-refractivity contribution < 1.29 is 19.2 Å². The predicted molar refractivity (Wildman–Crippen MR) is 105 cm³/mol. The third-order valence-electron chi connectivity index (χ3n) is 4.75. The Morgan fingerprint density at radius 1 is 1.32 bits per heavy atom. The molecule has 0 spiro atoms. The van der Waals surface area contributed by atoms with Gasteiger partial charge < -0.3 is 15.0 Å². The molecular weight excluding hydrogens is 362 g/mol. The first-order valence-corrected chi connectivity index (χ1v) is 9.02. The van der Waals surface area contributed by atoms with Crippen LogP contribution in [0.5, 0.6) is 5.75 Å². The van der Waals surface area contributed by atoms with Crippen molar-refractivity contribution in [2.24, 2.45) is 0 Å². The van der Waals surface area contributed by atoms with Crippen LogP contribution < -0.4 is 15.0 Å². The second-order valence-corrected chi connectivity index (χ2v) is 6.68. The molecule has 1 amide bonds. The van der Waals surface area contributed by atoms with Crippen molar-refractivity contribution in [2.75, 3.05) is 23.3 Å². The number of fused-ring (bicyclic) bond motifs is 1. The third-order valence-corrected chi connectivity index (χ3v) is 4.75. The lowest BCUT2D eigenvalue weighted by atomic mass is 9.97.